The van der Waals surface area contributed by atoms with Gasteiger partial charge in [-0.05, 0) is 31.6 Å². The zero-order chi connectivity index (χ0) is 17.7. The van der Waals surface area contributed by atoms with Gasteiger partial charge in [-0.1, -0.05) is 42.5 Å². The topological polar surface area (TPSA) is 61.8 Å². The summed E-state index contributed by atoms with van der Waals surface area (Å²) in [5, 5.41) is 4.27. The normalized spacial score (nSPS) is 14.1. The van der Waals surface area contributed by atoms with Gasteiger partial charge in [0.1, 0.15) is 0 Å². The van der Waals surface area contributed by atoms with Gasteiger partial charge >= 0.3 is 0 Å². The molecule has 1 heterocycles. The average molecular weight is 323 g/mol. The van der Waals surface area contributed by atoms with E-state index < -0.39 is 0 Å². The van der Waals surface area contributed by atoms with Crippen LogP contribution in [0.15, 0.2) is 65.3 Å². The molecule has 1 aliphatic heterocycles. The lowest BCUT2D eigenvalue weighted by atomic mass is 10.0. The molecule has 1 aromatic carbocycles. The first-order chi connectivity index (χ1) is 11.5. The number of nitrogens with zero attached hydrogens (tertiary/aromatic N) is 2. The van der Waals surface area contributed by atoms with Crippen molar-refractivity contribution in [3.8, 4) is 0 Å². The van der Waals surface area contributed by atoms with E-state index in [0.717, 1.165) is 11.1 Å². The Morgan fingerprint density at radius 1 is 1.21 bits per heavy atom. The number of hydrogen-bond acceptors (Lipinski definition) is 4. The molecule has 124 valence electrons. The predicted molar refractivity (Wildman–Crippen MR) is 96.0 cm³/mol. The molecule has 0 bridgehead atoms. The van der Waals surface area contributed by atoms with E-state index >= 15 is 0 Å². The highest BCUT2D eigenvalue weighted by Gasteiger charge is 2.36. The van der Waals surface area contributed by atoms with Crippen LogP contribution < -0.4 is 5.43 Å². The number of carbonyl (C=O) groups excluding carboxylic acids is 2. The highest BCUT2D eigenvalue weighted by atomic mass is 16.2. The fraction of sp³-hybridized carbons (Fsp3) is 0.211. The summed E-state index contributed by atoms with van der Waals surface area (Å²) in [4.78, 5) is 26.3. The number of carbonyl (C=O) groups is 2. The smallest absolute Gasteiger partial charge is 0.261 e. The lowest BCUT2D eigenvalue weighted by molar-refractivity contribution is 0.0677. The molecule has 2 rings (SSSR count). The van der Waals surface area contributed by atoms with Crippen LogP contribution in [0.5, 0.6) is 0 Å². The van der Waals surface area contributed by atoms with E-state index in [1.54, 1.807) is 43.5 Å². The number of allylic oxidation sites excluding steroid dienone is 4. The molecule has 2 amide bonds. The van der Waals surface area contributed by atoms with Crippen LogP contribution in [0.25, 0.3) is 0 Å². The maximum atomic E-state index is 12.5. The molecular formula is C19H21N3O2. The molecule has 0 aliphatic carbocycles. The maximum Gasteiger partial charge on any atom is 0.261 e. The van der Waals surface area contributed by atoms with Crippen molar-refractivity contribution in [2.75, 3.05) is 13.6 Å². The summed E-state index contributed by atoms with van der Waals surface area (Å²) in [6, 6.07) is 6.85. The first kappa shape index (κ1) is 17.4. The molecule has 24 heavy (non-hydrogen) atoms. The van der Waals surface area contributed by atoms with Crippen LogP contribution in [-0.4, -0.2) is 36.0 Å². The molecule has 5 nitrogen and oxygen atoms in total. The van der Waals surface area contributed by atoms with Gasteiger partial charge in [-0.25, -0.2) is 0 Å². The van der Waals surface area contributed by atoms with Crippen LogP contribution in [0, 0.1) is 0 Å². The summed E-state index contributed by atoms with van der Waals surface area (Å²) in [6.07, 6.45) is 5.34. The maximum absolute atomic E-state index is 12.5. The van der Waals surface area contributed by atoms with Gasteiger partial charge in [0.05, 0.1) is 23.4 Å². The minimum Gasteiger partial charge on any atom is -0.313 e. The average Bonchev–Trinajstić information content (AvgIpc) is 2.80. The Morgan fingerprint density at radius 2 is 1.79 bits per heavy atom. The van der Waals surface area contributed by atoms with Gasteiger partial charge in [-0.2, -0.15) is 5.10 Å². The first-order valence-corrected chi connectivity index (χ1v) is 7.66. The van der Waals surface area contributed by atoms with Crippen LogP contribution in [0.3, 0.4) is 0 Å². The zero-order valence-electron chi connectivity index (χ0n) is 14.2. The van der Waals surface area contributed by atoms with Crippen molar-refractivity contribution in [1.82, 2.24) is 10.3 Å². The Kier molecular flexibility index (Phi) is 5.47. The Balaban J connectivity index is 2.37. The summed E-state index contributed by atoms with van der Waals surface area (Å²) in [6.45, 7) is 7.68. The lowest BCUT2D eigenvalue weighted by Gasteiger charge is -2.17. The number of amides is 2. The second-order valence-corrected chi connectivity index (χ2v) is 5.53. The third kappa shape index (κ3) is 3.35. The van der Waals surface area contributed by atoms with E-state index in [2.05, 4.69) is 17.1 Å². The van der Waals surface area contributed by atoms with E-state index in [-0.39, 0.29) is 18.4 Å². The Bertz CT molecular complexity index is 734. The fourth-order valence-corrected chi connectivity index (χ4v) is 2.56. The number of hydrazone groups is 1. The molecule has 5 heteroatoms. The van der Waals surface area contributed by atoms with Crippen LogP contribution in [0.4, 0.5) is 0 Å². The van der Waals surface area contributed by atoms with E-state index in [9.17, 15) is 9.59 Å². The third-order valence-corrected chi connectivity index (χ3v) is 3.68. The Hall–Kier alpha value is -2.95. The molecule has 0 atom stereocenters. The molecule has 0 fully saturated rings. The number of benzene rings is 1. The number of fused-ring (bicyclic) bond motifs is 1. The minimum atomic E-state index is -0.291. The van der Waals surface area contributed by atoms with Crippen LogP contribution in [0.1, 0.15) is 34.6 Å². The summed E-state index contributed by atoms with van der Waals surface area (Å²) < 4.78 is 0. The zero-order valence-corrected chi connectivity index (χ0v) is 14.2. The monoisotopic (exact) mass is 323 g/mol. The van der Waals surface area contributed by atoms with Crippen LogP contribution in [-0.2, 0) is 0 Å². The lowest BCUT2D eigenvalue weighted by Crippen LogP contribution is -2.36. The molecule has 0 spiro atoms. The van der Waals surface area contributed by atoms with Crippen molar-refractivity contribution in [2.24, 2.45) is 5.10 Å². The van der Waals surface area contributed by atoms with Gasteiger partial charge in [0.15, 0.2) is 0 Å². The van der Waals surface area contributed by atoms with E-state index in [4.69, 9.17) is 0 Å². The van der Waals surface area contributed by atoms with Gasteiger partial charge in [0.25, 0.3) is 11.8 Å². The van der Waals surface area contributed by atoms with Crippen molar-refractivity contribution in [1.29, 1.82) is 0 Å². The number of hydrogen-bond donors (Lipinski definition) is 1. The molecule has 0 unspecified atom stereocenters. The highest BCUT2D eigenvalue weighted by Crippen LogP contribution is 2.23. The van der Waals surface area contributed by atoms with Crippen LogP contribution in [0.2, 0.25) is 0 Å². The molecule has 1 aliphatic rings. The molecule has 0 saturated heterocycles. The second-order valence-electron chi connectivity index (χ2n) is 5.53. The molecule has 0 radical (unpaired) electrons. The van der Waals surface area contributed by atoms with E-state index in [0.29, 0.717) is 16.8 Å². The first-order valence-electron chi connectivity index (χ1n) is 7.66. The molecule has 0 aromatic heterocycles. The van der Waals surface area contributed by atoms with Crippen molar-refractivity contribution in [3.05, 3.63) is 71.3 Å². The van der Waals surface area contributed by atoms with Crippen molar-refractivity contribution < 1.29 is 9.59 Å². The molecule has 1 N–H and O–H groups in total. The Labute approximate surface area is 142 Å². The Morgan fingerprint density at radius 3 is 2.25 bits per heavy atom. The summed E-state index contributed by atoms with van der Waals surface area (Å²) in [7, 11) is 1.68. The third-order valence-electron chi connectivity index (χ3n) is 3.68. The largest absolute Gasteiger partial charge is 0.313 e. The summed E-state index contributed by atoms with van der Waals surface area (Å²) in [5.74, 6) is -0.583. The highest BCUT2D eigenvalue weighted by molar-refractivity contribution is 6.23. The number of nitrogens with one attached hydrogen (secondary N) is 1. The van der Waals surface area contributed by atoms with Crippen LogP contribution >= 0.6 is 0 Å². The SMILES string of the molecule is C=C/C=C\C(=C(C)C)/C(CN1C(=O)c2ccccc2C1=O)=N\NC. The van der Waals surface area contributed by atoms with Crippen molar-refractivity contribution >= 4 is 17.5 Å². The van der Waals surface area contributed by atoms with E-state index in [1.165, 1.54) is 4.90 Å². The standard InChI is InChI=1S/C19H21N3O2/c1-5-6-9-14(13(2)3)17(21-20-4)12-22-18(23)15-10-7-8-11-16(15)19(22)24/h5-11,20H,1,12H2,2-4H3/b9-6-,21-17-. The van der Waals surface area contributed by atoms with Gasteiger partial charge < -0.3 is 5.43 Å². The molecule has 0 saturated carbocycles. The number of rotatable bonds is 6. The molecule has 1 aromatic rings. The van der Waals surface area contributed by atoms with Gasteiger partial charge in [0, 0.05) is 7.05 Å². The summed E-state index contributed by atoms with van der Waals surface area (Å²) >= 11 is 0. The van der Waals surface area contributed by atoms with Gasteiger partial charge in [-0.15, -0.1) is 0 Å². The van der Waals surface area contributed by atoms with Gasteiger partial charge in [0.2, 0.25) is 0 Å². The fourth-order valence-electron chi connectivity index (χ4n) is 2.56. The predicted octanol–water partition coefficient (Wildman–Crippen LogP) is 2.94. The molecular weight excluding hydrogens is 302 g/mol. The van der Waals surface area contributed by atoms with Gasteiger partial charge in [-0.3, -0.25) is 14.5 Å². The quantitative estimate of drug-likeness (QED) is 0.379. The minimum absolute atomic E-state index is 0.106. The van der Waals surface area contributed by atoms with Crippen molar-refractivity contribution in [3.63, 3.8) is 0 Å². The summed E-state index contributed by atoms with van der Waals surface area (Å²) in [5.41, 5.74) is 6.13. The second kappa shape index (κ2) is 7.55. The van der Waals surface area contributed by atoms with Crippen molar-refractivity contribution in [2.45, 2.75) is 13.8 Å². The van der Waals surface area contributed by atoms with E-state index in [1.807, 2.05) is 19.9 Å². The number of imide groups is 1.